The molecule has 0 saturated carbocycles. The molecule has 3 amide bonds. The zero-order chi connectivity index (χ0) is 31.4. The number of hydrogen-bond donors (Lipinski definition) is 3. The Hall–Kier alpha value is -4.41. The van der Waals surface area contributed by atoms with E-state index in [0.717, 1.165) is 74.2 Å². The van der Waals surface area contributed by atoms with Crippen LogP contribution in [0.4, 0.5) is 10.5 Å². The van der Waals surface area contributed by atoms with E-state index in [1.807, 2.05) is 66.7 Å². The maximum atomic E-state index is 12.7. The molecule has 3 aromatic rings. The van der Waals surface area contributed by atoms with Crippen molar-refractivity contribution in [3.8, 4) is 16.9 Å². The van der Waals surface area contributed by atoms with Gasteiger partial charge in [0.15, 0.2) is 0 Å². The number of likely N-dealkylation sites (tertiary alicyclic amines) is 1. The van der Waals surface area contributed by atoms with Crippen LogP contribution in [0.3, 0.4) is 0 Å². The van der Waals surface area contributed by atoms with E-state index in [2.05, 4.69) is 15.5 Å². The Balaban J connectivity index is 0.948. The zero-order valence-electron chi connectivity index (χ0n) is 25.7. The van der Waals surface area contributed by atoms with Crippen molar-refractivity contribution in [3.63, 3.8) is 0 Å². The highest BCUT2D eigenvalue weighted by atomic mass is 16.6. The fraction of sp³-hybridized carbons (Fsp3) is 0.400. The number of piperazine rings is 1. The van der Waals surface area contributed by atoms with Crippen molar-refractivity contribution >= 4 is 23.6 Å². The van der Waals surface area contributed by atoms with E-state index >= 15 is 0 Å². The van der Waals surface area contributed by atoms with Gasteiger partial charge < -0.3 is 29.9 Å². The van der Waals surface area contributed by atoms with Gasteiger partial charge in [-0.05, 0) is 68.1 Å². The average molecular weight is 614 g/mol. The van der Waals surface area contributed by atoms with Crippen molar-refractivity contribution in [1.29, 1.82) is 0 Å². The molecule has 10 heteroatoms. The summed E-state index contributed by atoms with van der Waals surface area (Å²) in [5.74, 6) is 0.242. The number of nitrogens with zero attached hydrogens (tertiary/aromatic N) is 3. The summed E-state index contributed by atoms with van der Waals surface area (Å²) in [6.45, 7) is 5.28. The summed E-state index contributed by atoms with van der Waals surface area (Å²) >= 11 is 0. The Morgan fingerprint density at radius 2 is 1.44 bits per heavy atom. The zero-order valence-corrected chi connectivity index (χ0v) is 25.7. The average Bonchev–Trinajstić information content (AvgIpc) is 3.05. The lowest BCUT2D eigenvalue weighted by molar-refractivity contribution is -0.150. The Kier molecular flexibility index (Phi) is 11.4. The van der Waals surface area contributed by atoms with E-state index in [1.54, 1.807) is 21.9 Å². The lowest BCUT2D eigenvalue weighted by Gasteiger charge is -2.35. The van der Waals surface area contributed by atoms with Gasteiger partial charge in [-0.15, -0.1) is 0 Å². The van der Waals surface area contributed by atoms with Gasteiger partial charge >= 0.3 is 6.09 Å². The Labute approximate surface area is 265 Å². The number of piperidine rings is 1. The van der Waals surface area contributed by atoms with E-state index in [0.29, 0.717) is 19.6 Å². The Morgan fingerprint density at radius 1 is 0.800 bits per heavy atom. The molecule has 2 aliphatic rings. The van der Waals surface area contributed by atoms with Crippen molar-refractivity contribution in [2.24, 2.45) is 0 Å². The lowest BCUT2D eigenvalue weighted by atomic mass is 10.0. The third-order valence-electron chi connectivity index (χ3n) is 8.36. The molecule has 3 aromatic carbocycles. The van der Waals surface area contributed by atoms with Gasteiger partial charge in [0.05, 0.1) is 18.8 Å². The lowest BCUT2D eigenvalue weighted by Crippen LogP contribution is -2.54. The van der Waals surface area contributed by atoms with Gasteiger partial charge in [-0.1, -0.05) is 60.7 Å². The second-order valence-electron chi connectivity index (χ2n) is 11.7. The molecule has 0 radical (unpaired) electrons. The van der Waals surface area contributed by atoms with Crippen LogP contribution in [0.2, 0.25) is 0 Å². The molecule has 0 atom stereocenters. The summed E-state index contributed by atoms with van der Waals surface area (Å²) < 4.78 is 5.75. The van der Waals surface area contributed by atoms with Crippen molar-refractivity contribution < 1.29 is 24.2 Å². The first-order chi connectivity index (χ1) is 21.9. The highest BCUT2D eigenvalue weighted by Crippen LogP contribution is 2.28. The van der Waals surface area contributed by atoms with Crippen LogP contribution in [0, 0.1) is 0 Å². The van der Waals surface area contributed by atoms with Crippen LogP contribution >= 0.6 is 0 Å². The summed E-state index contributed by atoms with van der Waals surface area (Å²) in [4.78, 5) is 43.8. The number of para-hydroxylation sites is 1. The number of phenolic OH excluding ortho intramolecular Hbond substituents is 1. The van der Waals surface area contributed by atoms with Crippen LogP contribution in [0.25, 0.3) is 11.1 Å². The number of amides is 3. The first-order valence-corrected chi connectivity index (χ1v) is 15.8. The van der Waals surface area contributed by atoms with Gasteiger partial charge in [-0.2, -0.15) is 0 Å². The number of carbonyl (C=O) groups is 3. The SMILES string of the molecule is O=C(Nc1ccccc1-c1ccccc1)OC1CCN(CCCN2CC(=O)N(CCCNCc3ccc(O)cc3)CC2=O)CC1. The minimum absolute atomic E-state index is 0.00129. The Bertz CT molecular complexity index is 1410. The summed E-state index contributed by atoms with van der Waals surface area (Å²) in [7, 11) is 0. The molecule has 0 aromatic heterocycles. The minimum atomic E-state index is -0.440. The quantitative estimate of drug-likeness (QED) is 0.246. The van der Waals surface area contributed by atoms with Crippen LogP contribution in [-0.2, 0) is 20.9 Å². The van der Waals surface area contributed by atoms with Crippen LogP contribution in [0.15, 0.2) is 78.9 Å². The van der Waals surface area contributed by atoms with Gasteiger partial charge in [0.25, 0.3) is 0 Å². The summed E-state index contributed by atoms with van der Waals surface area (Å²) in [6, 6.07) is 24.7. The normalized spacial score (nSPS) is 16.2. The van der Waals surface area contributed by atoms with Crippen LogP contribution in [0.1, 0.15) is 31.2 Å². The van der Waals surface area contributed by atoms with Crippen molar-refractivity contribution in [3.05, 3.63) is 84.4 Å². The number of aromatic hydroxyl groups is 1. The minimum Gasteiger partial charge on any atom is -0.508 e. The largest absolute Gasteiger partial charge is 0.508 e. The van der Waals surface area contributed by atoms with E-state index in [9.17, 15) is 19.5 Å². The summed E-state index contributed by atoms with van der Waals surface area (Å²) in [5, 5.41) is 15.6. The summed E-state index contributed by atoms with van der Waals surface area (Å²) in [6.07, 6.45) is 2.49. The third kappa shape index (κ3) is 9.54. The van der Waals surface area contributed by atoms with E-state index in [1.165, 1.54) is 0 Å². The number of carbonyl (C=O) groups excluding carboxylic acids is 3. The van der Waals surface area contributed by atoms with E-state index < -0.39 is 6.09 Å². The van der Waals surface area contributed by atoms with Crippen LogP contribution < -0.4 is 10.6 Å². The molecule has 0 unspecified atom stereocenters. The molecule has 2 aliphatic heterocycles. The molecule has 10 nitrogen and oxygen atoms in total. The topological polar surface area (TPSA) is 114 Å². The molecule has 2 saturated heterocycles. The third-order valence-corrected chi connectivity index (χ3v) is 8.36. The van der Waals surface area contributed by atoms with Crippen molar-refractivity contribution in [1.82, 2.24) is 20.0 Å². The predicted molar refractivity (Wildman–Crippen MR) is 174 cm³/mol. The second kappa shape index (κ2) is 16.1. The maximum Gasteiger partial charge on any atom is 0.411 e. The molecule has 0 bridgehead atoms. The maximum absolute atomic E-state index is 12.7. The number of ether oxygens (including phenoxy) is 1. The smallest absolute Gasteiger partial charge is 0.411 e. The first-order valence-electron chi connectivity index (χ1n) is 15.8. The molecule has 45 heavy (non-hydrogen) atoms. The molecule has 2 fully saturated rings. The van der Waals surface area contributed by atoms with Gasteiger partial charge in [0.2, 0.25) is 11.8 Å². The van der Waals surface area contributed by atoms with Gasteiger partial charge in [-0.25, -0.2) is 4.79 Å². The standard InChI is InChI=1S/C35H43N5O5/c41-29-14-12-27(13-15-29)24-36-18-6-20-39-25-34(43)40(26-33(39)42)21-7-19-38-22-16-30(17-23-38)45-35(44)37-32-11-5-4-10-31(32)28-8-2-1-3-9-28/h1-5,8-15,30,36,41H,6-7,16-26H2,(H,37,44). The molecule has 0 aliphatic carbocycles. The number of benzene rings is 3. The molecular formula is C35H43N5O5. The van der Waals surface area contributed by atoms with Gasteiger partial charge in [0.1, 0.15) is 11.9 Å². The monoisotopic (exact) mass is 613 g/mol. The van der Waals surface area contributed by atoms with Gasteiger partial charge in [-0.3, -0.25) is 14.9 Å². The van der Waals surface area contributed by atoms with Crippen LogP contribution in [-0.4, -0.2) is 96.2 Å². The van der Waals surface area contributed by atoms with E-state index in [4.69, 9.17) is 4.74 Å². The molecule has 0 spiro atoms. The van der Waals surface area contributed by atoms with E-state index in [-0.39, 0.29) is 36.8 Å². The number of anilines is 1. The highest BCUT2D eigenvalue weighted by Gasteiger charge is 2.29. The number of nitrogens with one attached hydrogen (secondary N) is 2. The van der Waals surface area contributed by atoms with Crippen LogP contribution in [0.5, 0.6) is 5.75 Å². The molecule has 238 valence electrons. The Morgan fingerprint density at radius 3 is 2.16 bits per heavy atom. The fourth-order valence-electron chi connectivity index (χ4n) is 5.84. The van der Waals surface area contributed by atoms with Gasteiger partial charge in [0, 0.05) is 38.3 Å². The molecule has 3 N–H and O–H groups in total. The van der Waals surface area contributed by atoms with Crippen molar-refractivity contribution in [2.45, 2.75) is 38.3 Å². The molecular weight excluding hydrogens is 570 g/mol. The first kappa shape index (κ1) is 32.0. The van der Waals surface area contributed by atoms with Crippen molar-refractivity contribution in [2.75, 3.05) is 57.7 Å². The summed E-state index contributed by atoms with van der Waals surface area (Å²) in [5.41, 5.74) is 3.77. The number of rotatable bonds is 13. The highest BCUT2D eigenvalue weighted by molar-refractivity contribution is 5.92. The second-order valence-corrected chi connectivity index (χ2v) is 11.7. The fourth-order valence-corrected chi connectivity index (χ4v) is 5.84. The predicted octanol–water partition coefficient (Wildman–Crippen LogP) is 4.31. The number of phenols is 1. The number of hydrogen-bond acceptors (Lipinski definition) is 7. The molecule has 5 rings (SSSR count). The molecule has 2 heterocycles.